The van der Waals surface area contributed by atoms with Crippen LogP contribution in [0.2, 0.25) is 0 Å². The van der Waals surface area contributed by atoms with E-state index in [9.17, 15) is 9.59 Å². The maximum absolute atomic E-state index is 12.8. The van der Waals surface area contributed by atoms with Crippen molar-refractivity contribution in [2.45, 2.75) is 38.3 Å². The van der Waals surface area contributed by atoms with Crippen LogP contribution in [-0.2, 0) is 4.79 Å². The Morgan fingerprint density at radius 2 is 2.21 bits per heavy atom. The standard InChI is InChI=1S/C23H25N3O3/c1-3-4-12-26-14-19(17-10-11-24-21(17)23(26)28)18-13-15(8-9-20(18)29-2)22(27)25-16-6-5-7-16/h3-4,8-11,13-14,16,21H,5-7,12H2,1-2H3,(H,25,27)/b4-3+. The minimum atomic E-state index is -0.544. The fourth-order valence-electron chi connectivity index (χ4n) is 3.73. The van der Waals surface area contributed by atoms with Gasteiger partial charge in [0.05, 0.1) is 7.11 Å². The molecular weight excluding hydrogens is 366 g/mol. The van der Waals surface area contributed by atoms with Crippen LogP contribution in [0.15, 0.2) is 53.2 Å². The first kappa shape index (κ1) is 19.2. The van der Waals surface area contributed by atoms with Gasteiger partial charge in [-0.15, -0.1) is 0 Å². The molecule has 29 heavy (non-hydrogen) atoms. The first-order valence-corrected chi connectivity index (χ1v) is 9.99. The molecule has 1 N–H and O–H groups in total. The Morgan fingerprint density at radius 3 is 2.90 bits per heavy atom. The van der Waals surface area contributed by atoms with Gasteiger partial charge in [-0.2, -0.15) is 0 Å². The summed E-state index contributed by atoms with van der Waals surface area (Å²) in [5.41, 5.74) is 3.06. The summed E-state index contributed by atoms with van der Waals surface area (Å²) >= 11 is 0. The molecule has 0 spiro atoms. The molecule has 2 aliphatic heterocycles. The molecular formula is C23H25N3O3. The molecule has 1 fully saturated rings. The van der Waals surface area contributed by atoms with Gasteiger partial charge in [-0.3, -0.25) is 14.6 Å². The number of amides is 2. The third-order valence-electron chi connectivity index (χ3n) is 5.63. The second kappa shape index (κ2) is 8.07. The summed E-state index contributed by atoms with van der Waals surface area (Å²) < 4.78 is 5.58. The summed E-state index contributed by atoms with van der Waals surface area (Å²) in [5, 5.41) is 3.08. The molecule has 0 radical (unpaired) electrons. The molecule has 1 saturated carbocycles. The van der Waals surface area contributed by atoms with Crippen LogP contribution < -0.4 is 10.1 Å². The van der Waals surface area contributed by atoms with Crippen molar-refractivity contribution in [1.29, 1.82) is 0 Å². The molecule has 4 rings (SSSR count). The number of ether oxygens (including phenoxy) is 1. The van der Waals surface area contributed by atoms with Gasteiger partial charge in [0.1, 0.15) is 5.75 Å². The Kier molecular flexibility index (Phi) is 5.34. The van der Waals surface area contributed by atoms with Gasteiger partial charge >= 0.3 is 0 Å². The van der Waals surface area contributed by atoms with Crippen LogP contribution in [0, 0.1) is 0 Å². The van der Waals surface area contributed by atoms with Crippen LogP contribution in [0.4, 0.5) is 0 Å². The van der Waals surface area contributed by atoms with E-state index in [1.54, 1.807) is 24.3 Å². The number of benzene rings is 1. The average Bonchev–Trinajstić information content (AvgIpc) is 3.20. The third-order valence-corrected chi connectivity index (χ3v) is 5.63. The maximum atomic E-state index is 12.8. The van der Waals surface area contributed by atoms with Crippen LogP contribution in [0.1, 0.15) is 42.1 Å². The molecule has 1 aromatic rings. The molecule has 6 nitrogen and oxygen atoms in total. The fourth-order valence-corrected chi connectivity index (χ4v) is 3.73. The van der Waals surface area contributed by atoms with Crippen LogP contribution in [0.25, 0.3) is 5.57 Å². The number of methoxy groups -OCH3 is 1. The predicted molar refractivity (Wildman–Crippen MR) is 113 cm³/mol. The lowest BCUT2D eigenvalue weighted by atomic mass is 9.89. The lowest BCUT2D eigenvalue weighted by Crippen LogP contribution is -2.39. The Hall–Kier alpha value is -3.15. The molecule has 0 aromatic heterocycles. The largest absolute Gasteiger partial charge is 0.496 e. The summed E-state index contributed by atoms with van der Waals surface area (Å²) in [6, 6.07) is 5.16. The summed E-state index contributed by atoms with van der Waals surface area (Å²) in [4.78, 5) is 31.5. The number of carbonyl (C=O) groups is 2. The normalized spacial score (nSPS) is 21.0. The van der Waals surface area contributed by atoms with Gasteiger partial charge in [0.2, 0.25) is 0 Å². The minimum Gasteiger partial charge on any atom is -0.496 e. The number of fused-ring (bicyclic) bond motifs is 1. The van der Waals surface area contributed by atoms with Crippen molar-refractivity contribution in [3.05, 3.63) is 59.3 Å². The SMILES string of the molecule is C/C=C/CN1C=C(c2cc(C(=O)NC3CCC3)ccc2OC)C2=CC=NC2C1=O. The van der Waals surface area contributed by atoms with Crippen LogP contribution >= 0.6 is 0 Å². The van der Waals surface area contributed by atoms with Crippen LogP contribution in [0.3, 0.4) is 0 Å². The summed E-state index contributed by atoms with van der Waals surface area (Å²) in [5.74, 6) is 0.526. The molecule has 1 unspecified atom stereocenters. The Morgan fingerprint density at radius 1 is 1.38 bits per heavy atom. The second-order valence-corrected chi connectivity index (χ2v) is 7.44. The van der Waals surface area contributed by atoms with Gasteiger partial charge in [0, 0.05) is 41.7 Å². The van der Waals surface area contributed by atoms with Crippen molar-refractivity contribution >= 4 is 23.6 Å². The van der Waals surface area contributed by atoms with Crippen molar-refractivity contribution in [3.63, 3.8) is 0 Å². The van der Waals surface area contributed by atoms with Crippen molar-refractivity contribution in [1.82, 2.24) is 10.2 Å². The van der Waals surface area contributed by atoms with Crippen molar-refractivity contribution in [2.24, 2.45) is 4.99 Å². The summed E-state index contributed by atoms with van der Waals surface area (Å²) in [6.07, 6.45) is 12.4. The van der Waals surface area contributed by atoms with Gasteiger partial charge < -0.3 is 15.0 Å². The molecule has 150 valence electrons. The van der Waals surface area contributed by atoms with Crippen molar-refractivity contribution in [3.8, 4) is 5.75 Å². The number of nitrogens with one attached hydrogen (secondary N) is 1. The fraction of sp³-hybridized carbons (Fsp3) is 0.348. The zero-order chi connectivity index (χ0) is 20.4. The van der Waals surface area contributed by atoms with Gasteiger partial charge in [0.25, 0.3) is 11.8 Å². The van der Waals surface area contributed by atoms with E-state index < -0.39 is 6.04 Å². The second-order valence-electron chi connectivity index (χ2n) is 7.44. The smallest absolute Gasteiger partial charge is 0.256 e. The van der Waals surface area contributed by atoms with Gasteiger partial charge in [-0.1, -0.05) is 12.2 Å². The highest BCUT2D eigenvalue weighted by Gasteiger charge is 2.36. The molecule has 1 atom stereocenters. The quantitative estimate of drug-likeness (QED) is 0.758. The molecule has 0 saturated heterocycles. The van der Waals surface area contributed by atoms with E-state index in [1.807, 2.05) is 43.5 Å². The van der Waals surface area contributed by atoms with Gasteiger partial charge in [-0.05, 0) is 56.0 Å². The number of hydrogen-bond acceptors (Lipinski definition) is 4. The number of carbonyl (C=O) groups excluding carboxylic acids is 2. The van der Waals surface area contributed by atoms with Gasteiger partial charge in [-0.25, -0.2) is 0 Å². The first-order valence-electron chi connectivity index (χ1n) is 9.99. The molecule has 0 bridgehead atoms. The molecule has 1 aliphatic carbocycles. The Bertz CT molecular complexity index is 954. The third kappa shape index (κ3) is 3.62. The minimum absolute atomic E-state index is 0.0512. The molecule has 3 aliphatic rings. The number of hydrogen-bond donors (Lipinski definition) is 1. The topological polar surface area (TPSA) is 71.0 Å². The number of nitrogens with zero attached hydrogens (tertiary/aromatic N) is 2. The van der Waals surface area contributed by atoms with Crippen LogP contribution in [-0.4, -0.2) is 48.7 Å². The maximum Gasteiger partial charge on any atom is 0.256 e. The Balaban J connectivity index is 1.73. The molecule has 2 heterocycles. The zero-order valence-corrected chi connectivity index (χ0v) is 16.7. The van der Waals surface area contributed by atoms with E-state index in [-0.39, 0.29) is 17.9 Å². The van der Waals surface area contributed by atoms with Crippen molar-refractivity contribution in [2.75, 3.05) is 13.7 Å². The van der Waals surface area contributed by atoms with E-state index in [2.05, 4.69) is 10.3 Å². The Labute approximate surface area is 170 Å². The molecule has 1 aromatic carbocycles. The van der Waals surface area contributed by atoms with E-state index in [0.717, 1.165) is 36.0 Å². The molecule has 6 heteroatoms. The monoisotopic (exact) mass is 391 g/mol. The van der Waals surface area contributed by atoms with Gasteiger partial charge in [0.15, 0.2) is 6.04 Å². The molecule has 2 amide bonds. The van der Waals surface area contributed by atoms with Crippen molar-refractivity contribution < 1.29 is 14.3 Å². The highest BCUT2D eigenvalue weighted by Crippen LogP contribution is 2.39. The average molecular weight is 391 g/mol. The lowest BCUT2D eigenvalue weighted by Gasteiger charge is -2.30. The number of rotatable bonds is 6. The highest BCUT2D eigenvalue weighted by atomic mass is 16.5. The van der Waals surface area contributed by atoms with E-state index >= 15 is 0 Å². The zero-order valence-electron chi connectivity index (χ0n) is 16.7. The summed E-state index contributed by atoms with van der Waals surface area (Å²) in [7, 11) is 1.61. The predicted octanol–water partition coefficient (Wildman–Crippen LogP) is 3.12. The summed E-state index contributed by atoms with van der Waals surface area (Å²) in [6.45, 7) is 2.40. The van der Waals surface area contributed by atoms with Crippen LogP contribution in [0.5, 0.6) is 5.75 Å². The van der Waals surface area contributed by atoms with E-state index in [0.29, 0.717) is 17.9 Å². The van der Waals surface area contributed by atoms with E-state index in [1.165, 1.54) is 0 Å². The lowest BCUT2D eigenvalue weighted by molar-refractivity contribution is -0.128. The first-order chi connectivity index (χ1) is 14.1. The highest BCUT2D eigenvalue weighted by molar-refractivity contribution is 6.05. The number of allylic oxidation sites excluding steroid dienone is 2. The number of aliphatic imine (C=N–C) groups is 1. The van der Waals surface area contributed by atoms with E-state index in [4.69, 9.17) is 4.74 Å².